The van der Waals surface area contributed by atoms with Crippen molar-refractivity contribution < 1.29 is 37.9 Å². The predicted molar refractivity (Wildman–Crippen MR) is 138 cm³/mol. The van der Waals surface area contributed by atoms with Gasteiger partial charge in [0.15, 0.2) is 0 Å². The van der Waals surface area contributed by atoms with E-state index in [9.17, 15) is 0 Å². The van der Waals surface area contributed by atoms with E-state index in [0.717, 1.165) is 71.7 Å². The Morgan fingerprint density at radius 1 is 0.421 bits per heavy atom. The SMILES string of the molecule is c1c(OCC2CO2)cc(-c2ccc(-c3cc(OCC4CO4)cc(OCC4CO4)c3)cc2)cc1OCC1CO1. The van der Waals surface area contributed by atoms with Crippen molar-refractivity contribution in [2.24, 2.45) is 0 Å². The molecule has 4 unspecified atom stereocenters. The molecule has 8 heteroatoms. The maximum atomic E-state index is 5.98. The van der Waals surface area contributed by atoms with Crippen LogP contribution in [-0.2, 0) is 18.9 Å². The lowest BCUT2D eigenvalue weighted by molar-refractivity contribution is 0.252. The highest BCUT2D eigenvalue weighted by Gasteiger charge is 2.26. The minimum atomic E-state index is 0.185. The van der Waals surface area contributed by atoms with E-state index < -0.39 is 0 Å². The minimum Gasteiger partial charge on any atom is -0.491 e. The Bertz CT molecular complexity index is 1090. The molecule has 0 aliphatic carbocycles. The molecule has 198 valence electrons. The molecular weight excluding hydrogens is 488 g/mol. The molecule has 4 fully saturated rings. The number of rotatable bonds is 14. The largest absolute Gasteiger partial charge is 0.491 e. The molecule has 0 amide bonds. The van der Waals surface area contributed by atoms with E-state index in [2.05, 4.69) is 24.3 Å². The van der Waals surface area contributed by atoms with Gasteiger partial charge < -0.3 is 37.9 Å². The molecule has 8 nitrogen and oxygen atoms in total. The van der Waals surface area contributed by atoms with Crippen molar-refractivity contribution in [1.29, 1.82) is 0 Å². The average molecular weight is 519 g/mol. The van der Waals surface area contributed by atoms with Gasteiger partial charge >= 0.3 is 0 Å². The van der Waals surface area contributed by atoms with Crippen LogP contribution < -0.4 is 18.9 Å². The van der Waals surface area contributed by atoms with Gasteiger partial charge in [0.1, 0.15) is 73.8 Å². The molecule has 3 aromatic carbocycles. The highest BCUT2D eigenvalue weighted by Crippen LogP contribution is 2.35. The number of benzene rings is 3. The topological polar surface area (TPSA) is 87.0 Å². The summed E-state index contributed by atoms with van der Waals surface area (Å²) in [5, 5.41) is 0. The second-order valence-corrected chi connectivity index (χ2v) is 10.0. The van der Waals surface area contributed by atoms with Gasteiger partial charge in [0, 0.05) is 12.1 Å². The average Bonchev–Trinajstić information content (AvgIpc) is 3.79. The van der Waals surface area contributed by atoms with Gasteiger partial charge in [0.25, 0.3) is 0 Å². The van der Waals surface area contributed by atoms with Gasteiger partial charge in [0.2, 0.25) is 0 Å². The first-order chi connectivity index (χ1) is 18.7. The first-order valence-electron chi connectivity index (χ1n) is 13.1. The summed E-state index contributed by atoms with van der Waals surface area (Å²) >= 11 is 0. The van der Waals surface area contributed by atoms with Gasteiger partial charge in [-0.1, -0.05) is 24.3 Å². The smallest absolute Gasteiger partial charge is 0.123 e. The first-order valence-corrected chi connectivity index (χ1v) is 13.1. The molecule has 0 radical (unpaired) electrons. The van der Waals surface area contributed by atoms with E-state index in [4.69, 9.17) is 37.9 Å². The lowest BCUT2D eigenvalue weighted by Crippen LogP contribution is -2.06. The van der Waals surface area contributed by atoms with Crippen LogP contribution in [0.15, 0.2) is 60.7 Å². The standard InChI is InChI=1S/C30H30O8/c1-2-20(22-7-25(33-13-29-17-37-29)10-26(8-22)34-14-30-18-38-30)4-3-19(1)21-5-23(31-11-27-15-35-27)9-24(6-21)32-12-28-16-36-28/h1-10,27-30H,11-18H2. The quantitative estimate of drug-likeness (QED) is 0.295. The van der Waals surface area contributed by atoms with E-state index in [0.29, 0.717) is 26.4 Å². The van der Waals surface area contributed by atoms with Crippen molar-refractivity contribution in [3.63, 3.8) is 0 Å². The van der Waals surface area contributed by atoms with Crippen LogP contribution in [0.25, 0.3) is 22.3 Å². The molecule has 4 saturated heterocycles. The number of hydrogen-bond acceptors (Lipinski definition) is 8. The molecule has 3 aromatic rings. The van der Waals surface area contributed by atoms with E-state index in [-0.39, 0.29) is 24.4 Å². The number of hydrogen-bond donors (Lipinski definition) is 0. The van der Waals surface area contributed by atoms with E-state index in [1.54, 1.807) is 0 Å². The Hall–Kier alpha value is -3.30. The zero-order valence-corrected chi connectivity index (χ0v) is 21.0. The molecule has 4 atom stereocenters. The van der Waals surface area contributed by atoms with Gasteiger partial charge in [-0.25, -0.2) is 0 Å². The molecular formula is C30H30O8. The fraction of sp³-hybridized carbons (Fsp3) is 0.400. The normalized spacial score (nSPS) is 24.4. The van der Waals surface area contributed by atoms with Gasteiger partial charge in [0.05, 0.1) is 26.4 Å². The maximum Gasteiger partial charge on any atom is 0.123 e. The van der Waals surface area contributed by atoms with Crippen molar-refractivity contribution in [3.8, 4) is 45.3 Å². The highest BCUT2D eigenvalue weighted by atomic mass is 16.6. The molecule has 4 aliphatic rings. The van der Waals surface area contributed by atoms with Gasteiger partial charge in [-0.3, -0.25) is 0 Å². The zero-order valence-electron chi connectivity index (χ0n) is 21.0. The Balaban J connectivity index is 1.11. The lowest BCUT2D eigenvalue weighted by Gasteiger charge is -2.13. The van der Waals surface area contributed by atoms with Crippen LogP contribution in [0.3, 0.4) is 0 Å². The summed E-state index contributed by atoms with van der Waals surface area (Å²) in [5.41, 5.74) is 4.17. The Morgan fingerprint density at radius 3 is 0.921 bits per heavy atom. The first kappa shape index (κ1) is 23.8. The monoisotopic (exact) mass is 518 g/mol. The second kappa shape index (κ2) is 10.5. The van der Waals surface area contributed by atoms with Gasteiger partial charge in [-0.05, 0) is 46.5 Å². The molecule has 0 saturated carbocycles. The molecule has 0 N–H and O–H groups in total. The summed E-state index contributed by atoms with van der Waals surface area (Å²) in [6.07, 6.45) is 0.738. The van der Waals surface area contributed by atoms with Crippen molar-refractivity contribution in [2.75, 3.05) is 52.9 Å². The lowest BCUT2D eigenvalue weighted by atomic mass is 9.99. The fourth-order valence-corrected chi connectivity index (χ4v) is 4.08. The summed E-state index contributed by atoms with van der Waals surface area (Å²) in [4.78, 5) is 0. The van der Waals surface area contributed by atoms with E-state index >= 15 is 0 Å². The third-order valence-electron chi connectivity index (χ3n) is 6.66. The third kappa shape index (κ3) is 6.57. The van der Waals surface area contributed by atoms with Crippen molar-refractivity contribution in [2.45, 2.75) is 24.4 Å². The molecule has 0 spiro atoms. The second-order valence-electron chi connectivity index (χ2n) is 10.0. The third-order valence-corrected chi connectivity index (χ3v) is 6.66. The molecule has 38 heavy (non-hydrogen) atoms. The summed E-state index contributed by atoms with van der Waals surface area (Å²) in [5.74, 6) is 3.05. The van der Waals surface area contributed by atoms with Crippen molar-refractivity contribution in [1.82, 2.24) is 0 Å². The van der Waals surface area contributed by atoms with Crippen LogP contribution in [0.2, 0.25) is 0 Å². The Kier molecular flexibility index (Phi) is 6.55. The summed E-state index contributed by atoms with van der Waals surface area (Å²) < 4.78 is 45.1. The van der Waals surface area contributed by atoms with E-state index in [1.165, 1.54) is 0 Å². The molecule has 7 rings (SSSR count). The summed E-state index contributed by atoms with van der Waals surface area (Å²) in [6.45, 7) is 5.17. The Morgan fingerprint density at radius 2 is 0.684 bits per heavy atom. The number of epoxide rings is 4. The summed E-state index contributed by atoms with van der Waals surface area (Å²) in [7, 11) is 0. The van der Waals surface area contributed by atoms with Crippen LogP contribution in [0, 0.1) is 0 Å². The van der Waals surface area contributed by atoms with Crippen LogP contribution >= 0.6 is 0 Å². The Labute approximate surface area is 221 Å². The van der Waals surface area contributed by atoms with Crippen molar-refractivity contribution >= 4 is 0 Å². The van der Waals surface area contributed by atoms with Gasteiger partial charge in [-0.2, -0.15) is 0 Å². The van der Waals surface area contributed by atoms with Crippen LogP contribution in [0.5, 0.6) is 23.0 Å². The molecule has 4 aliphatic heterocycles. The minimum absolute atomic E-state index is 0.185. The van der Waals surface area contributed by atoms with Crippen LogP contribution in [0.4, 0.5) is 0 Å². The molecule has 4 heterocycles. The van der Waals surface area contributed by atoms with Crippen LogP contribution in [0.1, 0.15) is 0 Å². The molecule has 0 bridgehead atoms. The van der Waals surface area contributed by atoms with Crippen molar-refractivity contribution in [3.05, 3.63) is 60.7 Å². The molecule has 0 aromatic heterocycles. The van der Waals surface area contributed by atoms with Gasteiger partial charge in [-0.15, -0.1) is 0 Å². The predicted octanol–water partition coefficient (Wildman–Crippen LogP) is 4.13. The van der Waals surface area contributed by atoms with E-state index in [1.807, 2.05) is 36.4 Å². The maximum absolute atomic E-state index is 5.98. The highest BCUT2D eigenvalue weighted by molar-refractivity contribution is 5.73. The fourth-order valence-electron chi connectivity index (χ4n) is 4.08. The zero-order chi connectivity index (χ0) is 25.3. The number of ether oxygens (including phenoxy) is 8. The summed E-state index contributed by atoms with van der Waals surface area (Å²) in [6, 6.07) is 20.4. The van der Waals surface area contributed by atoms with Crippen LogP contribution in [-0.4, -0.2) is 77.3 Å².